The van der Waals surface area contributed by atoms with E-state index in [1.165, 1.54) is 6.26 Å². The largest absolute Gasteiger partial charge is 0.340 e. The van der Waals surface area contributed by atoms with Crippen LogP contribution in [-0.4, -0.2) is 35.7 Å². The molecule has 0 bridgehead atoms. The Balaban J connectivity index is 1.75. The normalized spacial score (nSPS) is 12.7. The number of amides is 1. The lowest BCUT2D eigenvalue weighted by Crippen LogP contribution is -2.32. The van der Waals surface area contributed by atoms with E-state index in [4.69, 9.17) is 4.52 Å². The molecule has 29 heavy (non-hydrogen) atoms. The molecule has 0 saturated carbocycles. The molecule has 2 aromatic heterocycles. The van der Waals surface area contributed by atoms with Crippen molar-refractivity contribution in [3.8, 4) is 11.4 Å². The van der Waals surface area contributed by atoms with Gasteiger partial charge in [-0.15, -0.1) is 0 Å². The first-order valence-electron chi connectivity index (χ1n) is 9.04. The molecule has 0 aliphatic heterocycles. The second-order valence-corrected chi connectivity index (χ2v) is 9.29. The molecule has 1 amide bonds. The zero-order valence-corrected chi connectivity index (χ0v) is 17.2. The molecule has 3 aromatic rings. The fourth-order valence-electron chi connectivity index (χ4n) is 2.77. The van der Waals surface area contributed by atoms with E-state index in [-0.39, 0.29) is 17.6 Å². The van der Waals surface area contributed by atoms with E-state index >= 15 is 0 Å². The number of hydrogen-bond acceptors (Lipinski definition) is 7. The number of nitrogens with one attached hydrogen (secondary N) is 1. The van der Waals surface area contributed by atoms with Crippen LogP contribution in [0.5, 0.6) is 0 Å². The van der Waals surface area contributed by atoms with Crippen molar-refractivity contribution >= 4 is 15.7 Å². The van der Waals surface area contributed by atoms with Crippen molar-refractivity contribution in [2.45, 2.75) is 25.6 Å². The Morgan fingerprint density at radius 2 is 1.76 bits per heavy atom. The van der Waals surface area contributed by atoms with Gasteiger partial charge in [-0.05, 0) is 35.7 Å². The van der Waals surface area contributed by atoms with Gasteiger partial charge in [0.25, 0.3) is 5.91 Å². The number of carbonyl (C=O) groups is 1. The maximum atomic E-state index is 12.7. The number of rotatable bonds is 7. The minimum absolute atomic E-state index is 0.00852. The Bertz CT molecular complexity index is 1080. The van der Waals surface area contributed by atoms with Gasteiger partial charge in [0, 0.05) is 29.8 Å². The third kappa shape index (κ3) is 5.47. The first-order chi connectivity index (χ1) is 13.7. The van der Waals surface area contributed by atoms with Gasteiger partial charge in [0.2, 0.25) is 11.7 Å². The van der Waals surface area contributed by atoms with Crippen LogP contribution in [0.1, 0.15) is 41.7 Å². The van der Waals surface area contributed by atoms with E-state index in [1.54, 1.807) is 48.8 Å². The molecule has 0 aliphatic carbocycles. The van der Waals surface area contributed by atoms with Crippen molar-refractivity contribution in [2.24, 2.45) is 5.92 Å². The maximum Gasteiger partial charge on any atom is 0.251 e. The average Bonchev–Trinajstić information content (AvgIpc) is 3.15. The number of nitrogens with zero attached hydrogens (tertiary/aromatic N) is 3. The standard InChI is InChI=1S/C20H22N4O4S/c1-13(2)17(20-23-18(24-28-20)15-8-10-21-11-9-15)22-19(25)16-6-4-14(5-7-16)12-29(3,26)27/h4-11,13,17H,12H2,1-3H3,(H,22,25). The summed E-state index contributed by atoms with van der Waals surface area (Å²) in [5.74, 6) is 0.372. The smallest absolute Gasteiger partial charge is 0.251 e. The third-order valence-electron chi connectivity index (χ3n) is 4.24. The van der Waals surface area contributed by atoms with Gasteiger partial charge in [-0.2, -0.15) is 4.98 Å². The molecule has 1 aromatic carbocycles. The Morgan fingerprint density at radius 3 is 2.34 bits per heavy atom. The SMILES string of the molecule is CC(C)C(NC(=O)c1ccc(CS(C)(=O)=O)cc1)c1nc(-c2ccncc2)no1. The van der Waals surface area contributed by atoms with Crippen LogP contribution in [-0.2, 0) is 15.6 Å². The summed E-state index contributed by atoms with van der Waals surface area (Å²) in [6, 6.07) is 9.54. The van der Waals surface area contributed by atoms with Crippen LogP contribution in [0.4, 0.5) is 0 Å². The first-order valence-corrected chi connectivity index (χ1v) is 11.1. The predicted molar refractivity (Wildman–Crippen MR) is 108 cm³/mol. The number of pyridine rings is 1. The van der Waals surface area contributed by atoms with E-state index in [0.29, 0.717) is 22.8 Å². The van der Waals surface area contributed by atoms with E-state index < -0.39 is 15.9 Å². The highest BCUT2D eigenvalue weighted by Crippen LogP contribution is 2.24. The minimum Gasteiger partial charge on any atom is -0.340 e. The van der Waals surface area contributed by atoms with Gasteiger partial charge >= 0.3 is 0 Å². The molecular formula is C20H22N4O4S. The van der Waals surface area contributed by atoms with Gasteiger partial charge in [0.1, 0.15) is 6.04 Å². The molecule has 3 rings (SSSR count). The van der Waals surface area contributed by atoms with Crippen molar-refractivity contribution in [1.29, 1.82) is 0 Å². The van der Waals surface area contributed by atoms with Crippen LogP contribution < -0.4 is 5.32 Å². The molecule has 0 fully saturated rings. The Labute approximate surface area is 169 Å². The summed E-state index contributed by atoms with van der Waals surface area (Å²) in [6.45, 7) is 3.88. The molecule has 0 spiro atoms. The zero-order chi connectivity index (χ0) is 21.0. The van der Waals surface area contributed by atoms with Crippen LogP contribution in [0.2, 0.25) is 0 Å². The van der Waals surface area contributed by atoms with E-state index in [1.807, 2.05) is 13.8 Å². The van der Waals surface area contributed by atoms with Crippen molar-refractivity contribution < 1.29 is 17.7 Å². The first kappa shape index (κ1) is 20.7. The van der Waals surface area contributed by atoms with Gasteiger partial charge < -0.3 is 9.84 Å². The van der Waals surface area contributed by atoms with Crippen LogP contribution >= 0.6 is 0 Å². The van der Waals surface area contributed by atoms with Gasteiger partial charge in [-0.1, -0.05) is 31.1 Å². The lowest BCUT2D eigenvalue weighted by molar-refractivity contribution is 0.0914. The van der Waals surface area contributed by atoms with Crippen molar-refractivity contribution in [3.63, 3.8) is 0 Å². The van der Waals surface area contributed by atoms with Crippen molar-refractivity contribution in [2.75, 3.05) is 6.26 Å². The van der Waals surface area contributed by atoms with E-state index in [9.17, 15) is 13.2 Å². The van der Waals surface area contributed by atoms with E-state index in [2.05, 4.69) is 20.4 Å². The molecule has 8 nitrogen and oxygen atoms in total. The molecule has 0 saturated heterocycles. The maximum absolute atomic E-state index is 12.7. The Morgan fingerprint density at radius 1 is 1.10 bits per heavy atom. The fraction of sp³-hybridized carbons (Fsp3) is 0.300. The van der Waals surface area contributed by atoms with Crippen LogP contribution in [0.3, 0.4) is 0 Å². The number of sulfone groups is 1. The second-order valence-electron chi connectivity index (χ2n) is 7.15. The lowest BCUT2D eigenvalue weighted by Gasteiger charge is -2.18. The molecular weight excluding hydrogens is 392 g/mol. The molecule has 0 aliphatic rings. The molecule has 2 heterocycles. The molecule has 152 valence electrons. The Hall–Kier alpha value is -3.07. The van der Waals surface area contributed by atoms with Crippen LogP contribution in [0, 0.1) is 5.92 Å². The summed E-state index contributed by atoms with van der Waals surface area (Å²) in [5, 5.41) is 6.91. The molecule has 0 radical (unpaired) electrons. The molecule has 1 N–H and O–H groups in total. The van der Waals surface area contributed by atoms with Crippen LogP contribution in [0.25, 0.3) is 11.4 Å². The molecule has 1 atom stereocenters. The van der Waals surface area contributed by atoms with Crippen molar-refractivity contribution in [1.82, 2.24) is 20.4 Å². The third-order valence-corrected chi connectivity index (χ3v) is 5.10. The summed E-state index contributed by atoms with van der Waals surface area (Å²) in [6.07, 6.45) is 4.45. The predicted octanol–water partition coefficient (Wildman–Crippen LogP) is 2.80. The van der Waals surface area contributed by atoms with Gasteiger partial charge in [-0.25, -0.2) is 8.42 Å². The summed E-state index contributed by atoms with van der Waals surface area (Å²) < 4.78 is 28.2. The monoisotopic (exact) mass is 414 g/mol. The second kappa shape index (κ2) is 8.52. The van der Waals surface area contributed by atoms with Crippen LogP contribution in [0.15, 0.2) is 53.3 Å². The highest BCUT2D eigenvalue weighted by atomic mass is 32.2. The zero-order valence-electron chi connectivity index (χ0n) is 16.4. The summed E-state index contributed by atoms with van der Waals surface area (Å²) in [7, 11) is -3.13. The number of hydrogen-bond donors (Lipinski definition) is 1. The molecule has 9 heteroatoms. The number of carbonyl (C=O) groups excluding carboxylic acids is 1. The number of benzene rings is 1. The topological polar surface area (TPSA) is 115 Å². The molecule has 1 unspecified atom stereocenters. The summed E-state index contributed by atoms with van der Waals surface area (Å²) in [5.41, 5.74) is 1.82. The summed E-state index contributed by atoms with van der Waals surface area (Å²) >= 11 is 0. The highest BCUT2D eigenvalue weighted by Gasteiger charge is 2.25. The van der Waals surface area contributed by atoms with Gasteiger partial charge in [0.15, 0.2) is 9.84 Å². The van der Waals surface area contributed by atoms with Gasteiger partial charge in [-0.3, -0.25) is 9.78 Å². The number of aromatic nitrogens is 3. The fourth-order valence-corrected chi connectivity index (χ4v) is 3.57. The summed E-state index contributed by atoms with van der Waals surface area (Å²) in [4.78, 5) is 21.1. The highest BCUT2D eigenvalue weighted by molar-refractivity contribution is 7.89. The minimum atomic E-state index is -3.13. The lowest BCUT2D eigenvalue weighted by atomic mass is 10.0. The van der Waals surface area contributed by atoms with Crippen molar-refractivity contribution in [3.05, 3.63) is 65.8 Å². The van der Waals surface area contributed by atoms with Gasteiger partial charge in [0.05, 0.1) is 5.75 Å². The Kier molecular flexibility index (Phi) is 6.07. The average molecular weight is 414 g/mol. The van der Waals surface area contributed by atoms with E-state index in [0.717, 1.165) is 5.56 Å². The quantitative estimate of drug-likeness (QED) is 0.632.